The minimum absolute atomic E-state index is 0.238. The number of pyridine rings is 1. The number of rotatable bonds is 7. The Morgan fingerprint density at radius 1 is 1.24 bits per heavy atom. The van der Waals surface area contributed by atoms with E-state index in [0.717, 1.165) is 45.4 Å². The average Bonchev–Trinajstić information content (AvgIpc) is 3.14. The van der Waals surface area contributed by atoms with Crippen molar-refractivity contribution in [1.82, 2.24) is 24.6 Å². The number of likely N-dealkylation sites (N-methyl/N-ethyl adjacent to an activating group) is 1. The summed E-state index contributed by atoms with van der Waals surface area (Å²) in [5.41, 5.74) is 1.18. The SMILES string of the molecule is CN(CC(=O)N1CCC(CCn2cccn2)CC1)Cc1ccncc1. The highest BCUT2D eigenvalue weighted by Gasteiger charge is 2.23. The van der Waals surface area contributed by atoms with Crippen LogP contribution in [0.15, 0.2) is 43.0 Å². The van der Waals surface area contributed by atoms with Gasteiger partial charge < -0.3 is 4.90 Å². The third-order valence-corrected chi connectivity index (χ3v) is 4.90. The van der Waals surface area contributed by atoms with Gasteiger partial charge in [0.25, 0.3) is 0 Å². The molecular formula is C19H27N5O. The molecule has 0 saturated carbocycles. The molecule has 0 radical (unpaired) electrons. The molecule has 1 aliphatic rings. The molecule has 0 bridgehead atoms. The summed E-state index contributed by atoms with van der Waals surface area (Å²) in [6.45, 7) is 3.98. The molecule has 1 amide bonds. The summed E-state index contributed by atoms with van der Waals surface area (Å²) < 4.78 is 1.99. The molecule has 0 aromatic carbocycles. The van der Waals surface area contributed by atoms with Gasteiger partial charge in [-0.15, -0.1) is 0 Å². The molecule has 0 unspecified atom stereocenters. The van der Waals surface area contributed by atoms with E-state index in [1.807, 2.05) is 47.2 Å². The lowest BCUT2D eigenvalue weighted by Gasteiger charge is -2.33. The van der Waals surface area contributed by atoms with Crippen LogP contribution in [0.2, 0.25) is 0 Å². The van der Waals surface area contributed by atoms with Gasteiger partial charge >= 0.3 is 0 Å². The maximum atomic E-state index is 12.5. The van der Waals surface area contributed by atoms with Crippen LogP contribution in [-0.2, 0) is 17.9 Å². The minimum atomic E-state index is 0.238. The average molecular weight is 341 g/mol. The number of carbonyl (C=O) groups is 1. The van der Waals surface area contributed by atoms with Crippen molar-refractivity contribution in [2.75, 3.05) is 26.7 Å². The summed E-state index contributed by atoms with van der Waals surface area (Å²) in [6, 6.07) is 5.95. The first-order valence-corrected chi connectivity index (χ1v) is 9.03. The van der Waals surface area contributed by atoms with Crippen LogP contribution in [0.25, 0.3) is 0 Å². The standard InChI is InChI=1S/C19H27N5O/c1-22(15-18-3-9-20-10-4-18)16-19(25)23-12-5-17(6-13-23)7-14-24-11-2-8-21-24/h2-4,8-11,17H,5-7,12-16H2,1H3. The van der Waals surface area contributed by atoms with E-state index in [1.54, 1.807) is 12.4 Å². The second kappa shape index (κ2) is 8.76. The van der Waals surface area contributed by atoms with Crippen molar-refractivity contribution in [2.45, 2.75) is 32.4 Å². The molecule has 0 N–H and O–H groups in total. The number of likely N-dealkylation sites (tertiary alicyclic amines) is 1. The number of aryl methyl sites for hydroxylation is 1. The number of nitrogens with zero attached hydrogens (tertiary/aromatic N) is 5. The summed E-state index contributed by atoms with van der Waals surface area (Å²) in [5.74, 6) is 0.935. The Balaban J connectivity index is 1.37. The first-order valence-electron chi connectivity index (χ1n) is 9.03. The van der Waals surface area contributed by atoms with E-state index >= 15 is 0 Å². The molecular weight excluding hydrogens is 314 g/mol. The topological polar surface area (TPSA) is 54.3 Å². The van der Waals surface area contributed by atoms with Gasteiger partial charge in [0.2, 0.25) is 5.91 Å². The third kappa shape index (κ3) is 5.39. The van der Waals surface area contributed by atoms with Crippen molar-refractivity contribution in [3.05, 3.63) is 48.5 Å². The highest BCUT2D eigenvalue weighted by Crippen LogP contribution is 2.21. The maximum absolute atomic E-state index is 12.5. The molecule has 1 saturated heterocycles. The van der Waals surface area contributed by atoms with Crippen LogP contribution in [0.1, 0.15) is 24.8 Å². The number of piperidine rings is 1. The second-order valence-corrected chi connectivity index (χ2v) is 6.91. The Morgan fingerprint density at radius 3 is 2.68 bits per heavy atom. The van der Waals surface area contributed by atoms with Crippen molar-refractivity contribution in [3.8, 4) is 0 Å². The first-order chi connectivity index (χ1) is 12.2. The van der Waals surface area contributed by atoms with Gasteiger partial charge in [0.1, 0.15) is 0 Å². The second-order valence-electron chi connectivity index (χ2n) is 6.91. The van der Waals surface area contributed by atoms with Gasteiger partial charge in [-0.25, -0.2) is 0 Å². The Morgan fingerprint density at radius 2 is 2.00 bits per heavy atom. The number of hydrogen-bond acceptors (Lipinski definition) is 4. The van der Waals surface area contributed by atoms with Gasteiger partial charge in [0.15, 0.2) is 0 Å². The van der Waals surface area contributed by atoms with Crippen LogP contribution in [-0.4, -0.2) is 57.2 Å². The molecule has 1 fully saturated rings. The van der Waals surface area contributed by atoms with Crippen molar-refractivity contribution in [1.29, 1.82) is 0 Å². The smallest absolute Gasteiger partial charge is 0.236 e. The molecule has 6 heteroatoms. The van der Waals surface area contributed by atoms with Crippen LogP contribution in [0, 0.1) is 5.92 Å². The summed E-state index contributed by atoms with van der Waals surface area (Å²) in [4.78, 5) is 20.6. The number of hydrogen-bond donors (Lipinski definition) is 0. The van der Waals surface area contributed by atoms with Crippen LogP contribution in [0.5, 0.6) is 0 Å². The van der Waals surface area contributed by atoms with Gasteiger partial charge in [-0.1, -0.05) is 0 Å². The Kier molecular flexibility index (Phi) is 6.17. The molecule has 6 nitrogen and oxygen atoms in total. The van der Waals surface area contributed by atoms with Gasteiger partial charge in [-0.05, 0) is 56.0 Å². The van der Waals surface area contributed by atoms with Crippen LogP contribution in [0.4, 0.5) is 0 Å². The van der Waals surface area contributed by atoms with E-state index in [1.165, 1.54) is 5.56 Å². The molecule has 1 aliphatic heterocycles. The van der Waals surface area contributed by atoms with Crippen LogP contribution >= 0.6 is 0 Å². The molecule has 2 aromatic heterocycles. The molecule has 134 valence electrons. The molecule has 0 atom stereocenters. The van der Waals surface area contributed by atoms with Crippen molar-refractivity contribution in [2.24, 2.45) is 5.92 Å². The van der Waals surface area contributed by atoms with E-state index in [-0.39, 0.29) is 5.91 Å². The van der Waals surface area contributed by atoms with E-state index in [4.69, 9.17) is 0 Å². The van der Waals surface area contributed by atoms with E-state index in [0.29, 0.717) is 12.5 Å². The predicted molar refractivity (Wildman–Crippen MR) is 96.7 cm³/mol. The molecule has 3 rings (SSSR count). The highest BCUT2D eigenvalue weighted by molar-refractivity contribution is 5.78. The van der Waals surface area contributed by atoms with Crippen LogP contribution in [0.3, 0.4) is 0 Å². The highest BCUT2D eigenvalue weighted by atomic mass is 16.2. The zero-order valence-electron chi connectivity index (χ0n) is 14.9. The lowest BCUT2D eigenvalue weighted by Crippen LogP contribution is -2.43. The molecule has 3 heterocycles. The molecule has 25 heavy (non-hydrogen) atoms. The first kappa shape index (κ1) is 17.6. The van der Waals surface area contributed by atoms with Crippen molar-refractivity contribution < 1.29 is 4.79 Å². The van der Waals surface area contributed by atoms with E-state index in [2.05, 4.69) is 15.0 Å². The normalized spacial score (nSPS) is 15.7. The van der Waals surface area contributed by atoms with Crippen molar-refractivity contribution in [3.63, 3.8) is 0 Å². The fourth-order valence-electron chi connectivity index (χ4n) is 3.41. The molecule has 2 aromatic rings. The van der Waals surface area contributed by atoms with Gasteiger partial charge in [0, 0.05) is 51.0 Å². The Labute approximate surface area is 149 Å². The van der Waals surface area contributed by atoms with Gasteiger partial charge in [-0.2, -0.15) is 5.10 Å². The largest absolute Gasteiger partial charge is 0.342 e. The number of aromatic nitrogens is 3. The Hall–Kier alpha value is -2.21. The predicted octanol–water partition coefficient (Wildman–Crippen LogP) is 2.04. The number of carbonyl (C=O) groups excluding carboxylic acids is 1. The summed E-state index contributed by atoms with van der Waals surface area (Å²) >= 11 is 0. The van der Waals surface area contributed by atoms with E-state index < -0.39 is 0 Å². The molecule has 0 aliphatic carbocycles. The lowest BCUT2D eigenvalue weighted by atomic mass is 9.93. The van der Waals surface area contributed by atoms with Crippen molar-refractivity contribution >= 4 is 5.91 Å². The summed E-state index contributed by atoms with van der Waals surface area (Å²) in [6.07, 6.45) is 10.8. The molecule has 0 spiro atoms. The van der Waals surface area contributed by atoms with Gasteiger partial charge in [0.05, 0.1) is 6.54 Å². The monoisotopic (exact) mass is 341 g/mol. The quantitative estimate of drug-likeness (QED) is 0.773. The van der Waals surface area contributed by atoms with E-state index in [9.17, 15) is 4.79 Å². The fraction of sp³-hybridized carbons (Fsp3) is 0.526. The Bertz CT molecular complexity index is 635. The maximum Gasteiger partial charge on any atom is 0.236 e. The lowest BCUT2D eigenvalue weighted by molar-refractivity contribution is -0.133. The zero-order valence-corrected chi connectivity index (χ0v) is 14.9. The minimum Gasteiger partial charge on any atom is -0.342 e. The zero-order chi connectivity index (χ0) is 17.5. The van der Waals surface area contributed by atoms with Crippen LogP contribution < -0.4 is 0 Å². The summed E-state index contributed by atoms with van der Waals surface area (Å²) in [7, 11) is 2.00. The van der Waals surface area contributed by atoms with Gasteiger partial charge in [-0.3, -0.25) is 19.4 Å². The number of amides is 1. The fourth-order valence-corrected chi connectivity index (χ4v) is 3.41. The summed E-state index contributed by atoms with van der Waals surface area (Å²) in [5, 5.41) is 4.25. The third-order valence-electron chi connectivity index (χ3n) is 4.90.